The van der Waals surface area contributed by atoms with Crippen molar-refractivity contribution in [3.63, 3.8) is 0 Å². The van der Waals surface area contributed by atoms with Gasteiger partial charge in [0.15, 0.2) is 0 Å². The molecule has 1 aromatic heterocycles. The first-order valence-electron chi connectivity index (χ1n) is 9.17. The van der Waals surface area contributed by atoms with E-state index in [9.17, 15) is 9.18 Å². The summed E-state index contributed by atoms with van der Waals surface area (Å²) in [5.74, 6) is 0.153. The number of halogens is 1. The highest BCUT2D eigenvalue weighted by atomic mass is 19.1. The van der Waals surface area contributed by atoms with Crippen LogP contribution in [0.3, 0.4) is 0 Å². The fourth-order valence-corrected chi connectivity index (χ4v) is 3.30. The Bertz CT molecular complexity index is 1100. The molecule has 28 heavy (non-hydrogen) atoms. The SMILES string of the molecule is CC(NC(=O)c1ccc(F)cc1)c1nc2ccccc2n1Cc1ccccc1. The Morgan fingerprint density at radius 2 is 1.68 bits per heavy atom. The van der Waals surface area contributed by atoms with Crippen LogP contribution in [0, 0.1) is 5.82 Å². The van der Waals surface area contributed by atoms with E-state index in [2.05, 4.69) is 22.0 Å². The van der Waals surface area contributed by atoms with Crippen molar-refractivity contribution < 1.29 is 9.18 Å². The molecule has 4 nitrogen and oxygen atoms in total. The molecule has 0 saturated carbocycles. The van der Waals surface area contributed by atoms with Gasteiger partial charge in [-0.2, -0.15) is 0 Å². The summed E-state index contributed by atoms with van der Waals surface area (Å²) in [5, 5.41) is 2.97. The summed E-state index contributed by atoms with van der Waals surface area (Å²) in [6, 6.07) is 23.3. The molecule has 1 N–H and O–H groups in total. The van der Waals surface area contributed by atoms with Crippen molar-refractivity contribution >= 4 is 16.9 Å². The Kier molecular flexibility index (Phi) is 4.89. The fourth-order valence-electron chi connectivity index (χ4n) is 3.30. The van der Waals surface area contributed by atoms with Gasteiger partial charge in [0.2, 0.25) is 0 Å². The highest BCUT2D eigenvalue weighted by Crippen LogP contribution is 2.22. The van der Waals surface area contributed by atoms with Crippen LogP contribution in [0.5, 0.6) is 0 Å². The lowest BCUT2D eigenvalue weighted by molar-refractivity contribution is 0.0937. The molecule has 0 spiro atoms. The van der Waals surface area contributed by atoms with Crippen LogP contribution in [-0.2, 0) is 6.54 Å². The molecule has 4 aromatic rings. The Balaban J connectivity index is 1.66. The highest BCUT2D eigenvalue weighted by molar-refractivity contribution is 5.94. The van der Waals surface area contributed by atoms with E-state index in [1.165, 1.54) is 24.3 Å². The maximum absolute atomic E-state index is 13.1. The molecule has 1 amide bonds. The summed E-state index contributed by atoms with van der Waals surface area (Å²) in [7, 11) is 0. The molecule has 0 bridgehead atoms. The zero-order valence-corrected chi connectivity index (χ0v) is 15.5. The maximum Gasteiger partial charge on any atom is 0.251 e. The van der Waals surface area contributed by atoms with E-state index < -0.39 is 0 Å². The van der Waals surface area contributed by atoms with Crippen LogP contribution in [0.1, 0.15) is 34.7 Å². The van der Waals surface area contributed by atoms with Crippen LogP contribution >= 0.6 is 0 Å². The number of hydrogen-bond donors (Lipinski definition) is 1. The van der Waals surface area contributed by atoms with Gasteiger partial charge in [0.1, 0.15) is 11.6 Å². The normalized spacial score (nSPS) is 12.1. The predicted molar refractivity (Wildman–Crippen MR) is 108 cm³/mol. The molecule has 3 aromatic carbocycles. The molecule has 1 heterocycles. The van der Waals surface area contributed by atoms with Gasteiger partial charge in [0, 0.05) is 12.1 Å². The topological polar surface area (TPSA) is 46.9 Å². The number of nitrogens with zero attached hydrogens (tertiary/aromatic N) is 2. The van der Waals surface area contributed by atoms with Crippen LogP contribution in [-0.4, -0.2) is 15.5 Å². The minimum atomic E-state index is -0.366. The van der Waals surface area contributed by atoms with E-state index in [1.54, 1.807) is 0 Å². The highest BCUT2D eigenvalue weighted by Gasteiger charge is 2.19. The number of nitrogens with one attached hydrogen (secondary N) is 1. The minimum absolute atomic E-state index is 0.259. The smallest absolute Gasteiger partial charge is 0.251 e. The molecule has 0 radical (unpaired) electrons. The summed E-state index contributed by atoms with van der Waals surface area (Å²) in [5.41, 5.74) is 3.48. The molecule has 1 unspecified atom stereocenters. The van der Waals surface area contributed by atoms with Crippen LogP contribution in [0.4, 0.5) is 4.39 Å². The molecular weight excluding hydrogens is 353 g/mol. The van der Waals surface area contributed by atoms with Crippen molar-refractivity contribution in [1.29, 1.82) is 0 Å². The quantitative estimate of drug-likeness (QED) is 0.550. The van der Waals surface area contributed by atoms with Gasteiger partial charge >= 0.3 is 0 Å². The summed E-state index contributed by atoms with van der Waals surface area (Å²) in [6.45, 7) is 2.57. The first-order chi connectivity index (χ1) is 13.6. The van der Waals surface area contributed by atoms with Gasteiger partial charge in [-0.3, -0.25) is 4.79 Å². The third-order valence-electron chi connectivity index (χ3n) is 4.71. The number of imidazole rings is 1. The van der Waals surface area contributed by atoms with Crippen molar-refractivity contribution in [3.05, 3.63) is 102 Å². The van der Waals surface area contributed by atoms with Gasteiger partial charge in [-0.05, 0) is 48.9 Å². The van der Waals surface area contributed by atoms with Crippen molar-refractivity contribution in [2.45, 2.75) is 19.5 Å². The predicted octanol–water partition coefficient (Wildman–Crippen LogP) is 4.71. The Hall–Kier alpha value is -3.47. The van der Waals surface area contributed by atoms with Gasteiger partial charge in [-0.25, -0.2) is 9.37 Å². The molecule has 0 fully saturated rings. The molecule has 140 valence electrons. The molecule has 0 aliphatic rings. The lowest BCUT2D eigenvalue weighted by Crippen LogP contribution is -2.28. The lowest BCUT2D eigenvalue weighted by atomic mass is 10.2. The Labute approximate surface area is 162 Å². The van der Waals surface area contributed by atoms with Crippen LogP contribution in [0.25, 0.3) is 11.0 Å². The average molecular weight is 373 g/mol. The van der Waals surface area contributed by atoms with Crippen molar-refractivity contribution in [3.8, 4) is 0 Å². The number of benzene rings is 3. The lowest BCUT2D eigenvalue weighted by Gasteiger charge is -2.16. The first kappa shape index (κ1) is 17.9. The number of rotatable bonds is 5. The van der Waals surface area contributed by atoms with Gasteiger partial charge in [-0.15, -0.1) is 0 Å². The third kappa shape index (κ3) is 3.64. The second kappa shape index (κ2) is 7.64. The molecule has 0 saturated heterocycles. The maximum atomic E-state index is 13.1. The van der Waals surface area contributed by atoms with Crippen molar-refractivity contribution in [1.82, 2.24) is 14.9 Å². The van der Waals surface area contributed by atoms with Crippen molar-refractivity contribution in [2.75, 3.05) is 0 Å². The van der Waals surface area contributed by atoms with Crippen LogP contribution in [0.15, 0.2) is 78.9 Å². The Morgan fingerprint density at radius 3 is 2.43 bits per heavy atom. The van der Waals surface area contributed by atoms with E-state index in [-0.39, 0.29) is 17.8 Å². The number of amides is 1. The van der Waals surface area contributed by atoms with E-state index in [0.717, 1.165) is 22.4 Å². The van der Waals surface area contributed by atoms with E-state index in [0.29, 0.717) is 12.1 Å². The van der Waals surface area contributed by atoms with E-state index in [4.69, 9.17) is 4.98 Å². The van der Waals surface area contributed by atoms with Crippen LogP contribution in [0.2, 0.25) is 0 Å². The molecule has 4 rings (SSSR count). The summed E-state index contributed by atoms with van der Waals surface area (Å²) in [6.07, 6.45) is 0. The van der Waals surface area contributed by atoms with Gasteiger partial charge < -0.3 is 9.88 Å². The van der Waals surface area contributed by atoms with Gasteiger partial charge in [-0.1, -0.05) is 42.5 Å². The zero-order chi connectivity index (χ0) is 19.5. The number of para-hydroxylation sites is 2. The second-order valence-corrected chi connectivity index (χ2v) is 6.73. The number of carbonyl (C=O) groups excluding carboxylic acids is 1. The molecule has 0 aliphatic heterocycles. The number of hydrogen-bond acceptors (Lipinski definition) is 2. The summed E-state index contributed by atoms with van der Waals surface area (Å²) < 4.78 is 15.2. The molecular formula is C23H20FN3O. The largest absolute Gasteiger partial charge is 0.342 e. The monoisotopic (exact) mass is 373 g/mol. The first-order valence-corrected chi connectivity index (χ1v) is 9.17. The van der Waals surface area contributed by atoms with Crippen molar-refractivity contribution in [2.24, 2.45) is 0 Å². The zero-order valence-electron chi connectivity index (χ0n) is 15.5. The Morgan fingerprint density at radius 1 is 1.00 bits per heavy atom. The van der Waals surface area contributed by atoms with Crippen LogP contribution < -0.4 is 5.32 Å². The van der Waals surface area contributed by atoms with E-state index >= 15 is 0 Å². The minimum Gasteiger partial charge on any atom is -0.342 e. The molecule has 1 atom stereocenters. The standard InChI is InChI=1S/C23H20FN3O/c1-16(25-23(28)18-11-13-19(24)14-12-18)22-26-20-9-5-6-10-21(20)27(22)15-17-7-3-2-4-8-17/h2-14,16H,15H2,1H3,(H,25,28). The van der Waals surface area contributed by atoms with Gasteiger partial charge in [0.25, 0.3) is 5.91 Å². The number of aromatic nitrogens is 2. The number of carbonyl (C=O) groups is 1. The van der Waals surface area contributed by atoms with Gasteiger partial charge in [0.05, 0.1) is 17.1 Å². The molecule has 5 heteroatoms. The second-order valence-electron chi connectivity index (χ2n) is 6.73. The fraction of sp³-hybridized carbons (Fsp3) is 0.130. The summed E-state index contributed by atoms with van der Waals surface area (Å²) >= 11 is 0. The summed E-state index contributed by atoms with van der Waals surface area (Å²) in [4.78, 5) is 17.3. The third-order valence-corrected chi connectivity index (χ3v) is 4.71. The van der Waals surface area contributed by atoms with E-state index in [1.807, 2.05) is 49.4 Å². The average Bonchev–Trinajstić information content (AvgIpc) is 3.08. The number of fused-ring (bicyclic) bond motifs is 1. The molecule has 0 aliphatic carbocycles.